The first-order chi connectivity index (χ1) is 11.7. The molecule has 0 aromatic carbocycles. The quantitative estimate of drug-likeness (QED) is 0.782. The first-order valence-electron chi connectivity index (χ1n) is 8.35. The third-order valence-electron chi connectivity index (χ3n) is 4.33. The van der Waals surface area contributed by atoms with Gasteiger partial charge in [-0.2, -0.15) is 0 Å². The molecule has 3 heterocycles. The van der Waals surface area contributed by atoms with Crippen LogP contribution in [0, 0.1) is 5.92 Å². The number of carbonyl (C=O) groups excluding carboxylic acids is 2. The van der Waals surface area contributed by atoms with E-state index in [9.17, 15) is 9.59 Å². The minimum atomic E-state index is -0.143. The molecule has 3 N–H and O–H groups in total. The van der Waals surface area contributed by atoms with Crippen LogP contribution < -0.4 is 11.1 Å². The summed E-state index contributed by atoms with van der Waals surface area (Å²) in [5.74, 6) is -0.129. The number of carbonyl (C=O) groups is 2. The zero-order valence-electron chi connectivity index (χ0n) is 14.5. The normalized spacial score (nSPS) is 16.5. The average Bonchev–Trinajstić information content (AvgIpc) is 3.02. The number of imidazole rings is 1. The summed E-state index contributed by atoms with van der Waals surface area (Å²) >= 11 is 0. The number of nitrogens with two attached hydrogens (primary N) is 1. The van der Waals surface area contributed by atoms with Crippen LogP contribution >= 0.6 is 24.8 Å². The van der Waals surface area contributed by atoms with E-state index in [1.54, 1.807) is 4.90 Å². The number of pyridine rings is 1. The van der Waals surface area contributed by atoms with E-state index in [4.69, 9.17) is 5.73 Å². The molecule has 0 saturated carbocycles. The van der Waals surface area contributed by atoms with Crippen molar-refractivity contribution in [3.05, 3.63) is 36.3 Å². The minimum Gasteiger partial charge on any atom is -0.355 e. The Bertz CT molecular complexity index is 704. The molecule has 1 fully saturated rings. The Balaban J connectivity index is 0.00000169. The van der Waals surface area contributed by atoms with Crippen LogP contribution in [0.5, 0.6) is 0 Å². The Kier molecular flexibility index (Phi) is 8.84. The van der Waals surface area contributed by atoms with Crippen molar-refractivity contribution >= 4 is 42.3 Å². The molecule has 1 saturated heterocycles. The number of hydrogen-bond acceptors (Lipinski definition) is 4. The number of rotatable bonds is 5. The topological polar surface area (TPSA) is 92.7 Å². The number of hydrogen-bond donors (Lipinski definition) is 2. The summed E-state index contributed by atoms with van der Waals surface area (Å²) in [6, 6.07) is 5.76. The molecule has 1 aliphatic heterocycles. The first-order valence-corrected chi connectivity index (χ1v) is 8.35. The van der Waals surface area contributed by atoms with Crippen LogP contribution in [0.3, 0.4) is 0 Å². The largest absolute Gasteiger partial charge is 0.355 e. The zero-order valence-corrected chi connectivity index (χ0v) is 16.1. The molecule has 144 valence electrons. The van der Waals surface area contributed by atoms with Crippen molar-refractivity contribution in [1.82, 2.24) is 19.6 Å². The molecule has 7 nitrogen and oxygen atoms in total. The molecule has 26 heavy (non-hydrogen) atoms. The lowest BCUT2D eigenvalue weighted by Gasteiger charge is -2.32. The second-order valence-electron chi connectivity index (χ2n) is 6.13. The van der Waals surface area contributed by atoms with Crippen LogP contribution in [0.4, 0.5) is 0 Å². The van der Waals surface area contributed by atoms with Gasteiger partial charge in [0, 0.05) is 38.6 Å². The van der Waals surface area contributed by atoms with Gasteiger partial charge < -0.3 is 20.4 Å². The van der Waals surface area contributed by atoms with Gasteiger partial charge in [0.05, 0.1) is 18.0 Å². The highest BCUT2D eigenvalue weighted by atomic mass is 35.5. The van der Waals surface area contributed by atoms with Gasteiger partial charge in [-0.15, -0.1) is 24.8 Å². The number of nitrogens with zero attached hydrogens (tertiary/aromatic N) is 3. The molecule has 2 amide bonds. The molecular weight excluding hydrogens is 377 g/mol. The maximum atomic E-state index is 12.6. The minimum absolute atomic E-state index is 0. The molecule has 0 spiro atoms. The van der Waals surface area contributed by atoms with E-state index in [1.807, 2.05) is 35.0 Å². The molecule has 1 atom stereocenters. The van der Waals surface area contributed by atoms with E-state index < -0.39 is 0 Å². The van der Waals surface area contributed by atoms with Gasteiger partial charge in [0.1, 0.15) is 5.65 Å². The van der Waals surface area contributed by atoms with Crippen molar-refractivity contribution in [2.75, 3.05) is 26.2 Å². The van der Waals surface area contributed by atoms with Gasteiger partial charge >= 0.3 is 0 Å². The predicted octanol–water partition coefficient (Wildman–Crippen LogP) is 1.03. The third-order valence-corrected chi connectivity index (χ3v) is 4.33. The van der Waals surface area contributed by atoms with Crippen LogP contribution in [0.1, 0.15) is 18.5 Å². The second-order valence-corrected chi connectivity index (χ2v) is 6.13. The van der Waals surface area contributed by atoms with Crippen LogP contribution in [0.2, 0.25) is 0 Å². The predicted molar refractivity (Wildman–Crippen MR) is 105 cm³/mol. The molecule has 2 aromatic heterocycles. The highest BCUT2D eigenvalue weighted by molar-refractivity contribution is 5.85. The Morgan fingerprint density at radius 2 is 2.12 bits per heavy atom. The number of nitrogens with one attached hydrogen (secondary N) is 1. The molecule has 0 aliphatic carbocycles. The van der Waals surface area contributed by atoms with Crippen molar-refractivity contribution in [3.63, 3.8) is 0 Å². The maximum Gasteiger partial charge on any atom is 0.228 e. The van der Waals surface area contributed by atoms with Crippen LogP contribution in [0.25, 0.3) is 5.65 Å². The van der Waals surface area contributed by atoms with Gasteiger partial charge in [0.25, 0.3) is 0 Å². The lowest BCUT2D eigenvalue weighted by molar-refractivity contribution is -0.135. The summed E-state index contributed by atoms with van der Waals surface area (Å²) in [5, 5.41) is 2.81. The Labute approximate surface area is 165 Å². The van der Waals surface area contributed by atoms with Crippen molar-refractivity contribution in [3.8, 4) is 0 Å². The lowest BCUT2D eigenvalue weighted by Crippen LogP contribution is -2.46. The summed E-state index contributed by atoms with van der Waals surface area (Å²) in [4.78, 5) is 30.9. The second kappa shape index (κ2) is 10.4. The fourth-order valence-corrected chi connectivity index (χ4v) is 3.10. The van der Waals surface area contributed by atoms with E-state index in [0.717, 1.165) is 24.2 Å². The monoisotopic (exact) mass is 401 g/mol. The fourth-order valence-electron chi connectivity index (χ4n) is 3.10. The molecular formula is C17H25Cl2N5O2. The molecule has 9 heteroatoms. The van der Waals surface area contributed by atoms with Gasteiger partial charge in [-0.1, -0.05) is 6.07 Å². The highest BCUT2D eigenvalue weighted by Crippen LogP contribution is 2.18. The highest BCUT2D eigenvalue weighted by Gasteiger charge is 2.28. The average molecular weight is 402 g/mol. The Morgan fingerprint density at radius 1 is 1.31 bits per heavy atom. The van der Waals surface area contributed by atoms with Crippen molar-refractivity contribution in [2.24, 2.45) is 11.7 Å². The lowest BCUT2D eigenvalue weighted by atomic mass is 9.96. The first kappa shape index (κ1) is 22.2. The van der Waals surface area contributed by atoms with Crippen LogP contribution in [-0.2, 0) is 16.0 Å². The van der Waals surface area contributed by atoms with Gasteiger partial charge in [-0.25, -0.2) is 4.98 Å². The standard InChI is InChI=1S/C17H23N5O2.2ClH/c18-6-7-19-17(24)13-4-3-9-22(11-13)16(23)10-14-12-21-8-2-1-5-15(21)20-14;;/h1-2,5,8,12-13H,3-4,6-7,9-11,18H2,(H,19,24);2*1H. The number of amides is 2. The molecule has 1 aliphatic rings. The van der Waals surface area contributed by atoms with Crippen molar-refractivity contribution < 1.29 is 9.59 Å². The molecule has 0 bridgehead atoms. The van der Waals surface area contributed by atoms with Crippen molar-refractivity contribution in [1.29, 1.82) is 0 Å². The molecule has 0 radical (unpaired) electrons. The number of fused-ring (bicyclic) bond motifs is 1. The number of piperidine rings is 1. The maximum absolute atomic E-state index is 12.6. The number of likely N-dealkylation sites (tertiary alicyclic amines) is 1. The smallest absolute Gasteiger partial charge is 0.228 e. The Morgan fingerprint density at radius 3 is 2.85 bits per heavy atom. The van der Waals surface area contributed by atoms with Crippen LogP contribution in [0.15, 0.2) is 30.6 Å². The molecule has 1 unspecified atom stereocenters. The van der Waals surface area contributed by atoms with Crippen LogP contribution in [-0.4, -0.2) is 52.3 Å². The number of halogens is 2. The van der Waals surface area contributed by atoms with E-state index in [-0.39, 0.29) is 49.0 Å². The third kappa shape index (κ3) is 5.33. The van der Waals surface area contributed by atoms with Gasteiger partial charge in [0.2, 0.25) is 11.8 Å². The van der Waals surface area contributed by atoms with E-state index in [0.29, 0.717) is 26.2 Å². The van der Waals surface area contributed by atoms with E-state index in [1.165, 1.54) is 0 Å². The van der Waals surface area contributed by atoms with E-state index in [2.05, 4.69) is 10.3 Å². The van der Waals surface area contributed by atoms with Gasteiger partial charge in [-0.3, -0.25) is 9.59 Å². The number of aromatic nitrogens is 2. The zero-order chi connectivity index (χ0) is 16.9. The summed E-state index contributed by atoms with van der Waals surface area (Å²) in [6.07, 6.45) is 5.71. The van der Waals surface area contributed by atoms with E-state index >= 15 is 0 Å². The Hall–Kier alpha value is -1.83. The summed E-state index contributed by atoms with van der Waals surface area (Å²) in [5.41, 5.74) is 6.99. The van der Waals surface area contributed by atoms with Crippen molar-refractivity contribution in [2.45, 2.75) is 19.3 Å². The SMILES string of the molecule is Cl.Cl.NCCNC(=O)C1CCCN(C(=O)Cc2cn3ccccc3n2)C1. The van der Waals surface area contributed by atoms with Gasteiger partial charge in [-0.05, 0) is 25.0 Å². The summed E-state index contributed by atoms with van der Waals surface area (Å²) in [6.45, 7) is 2.08. The molecule has 3 rings (SSSR count). The summed E-state index contributed by atoms with van der Waals surface area (Å²) in [7, 11) is 0. The molecule has 2 aromatic rings. The summed E-state index contributed by atoms with van der Waals surface area (Å²) < 4.78 is 1.90. The van der Waals surface area contributed by atoms with Gasteiger partial charge in [0.15, 0.2) is 0 Å². The fraction of sp³-hybridized carbons (Fsp3) is 0.471.